The first kappa shape index (κ1) is 19.4. The molecule has 1 amide bonds. The van der Waals surface area contributed by atoms with Crippen LogP contribution in [0.2, 0.25) is 0 Å². The normalized spacial score (nSPS) is 17.8. The second-order valence-corrected chi connectivity index (χ2v) is 8.05. The van der Waals surface area contributed by atoms with Gasteiger partial charge in [-0.15, -0.1) is 5.10 Å². The summed E-state index contributed by atoms with van der Waals surface area (Å²) in [7, 11) is 0. The molecule has 2 aromatic heterocycles. The van der Waals surface area contributed by atoms with E-state index >= 15 is 0 Å². The van der Waals surface area contributed by atoms with Crippen LogP contribution in [0.1, 0.15) is 49.8 Å². The van der Waals surface area contributed by atoms with Crippen molar-refractivity contribution in [2.24, 2.45) is 5.73 Å². The van der Waals surface area contributed by atoms with Crippen molar-refractivity contribution in [2.75, 3.05) is 18.4 Å². The lowest BCUT2D eigenvalue weighted by molar-refractivity contribution is -0.130. The van der Waals surface area contributed by atoms with Crippen LogP contribution in [0.25, 0.3) is 5.65 Å². The lowest BCUT2D eigenvalue weighted by atomic mass is 9.98. The number of nitrogens with zero attached hydrogens (tertiary/aromatic N) is 4. The third kappa shape index (κ3) is 4.40. The number of fused-ring (bicyclic) bond motifs is 1. The number of aromatic nitrogens is 3. The molecule has 1 aromatic carbocycles. The number of rotatable bonds is 6. The maximum atomic E-state index is 12.7. The molecular formula is C22H28N6O. The van der Waals surface area contributed by atoms with Crippen molar-refractivity contribution in [3.63, 3.8) is 0 Å². The fourth-order valence-electron chi connectivity index (χ4n) is 3.77. The summed E-state index contributed by atoms with van der Waals surface area (Å²) >= 11 is 0. The zero-order valence-electron chi connectivity index (χ0n) is 17.0. The summed E-state index contributed by atoms with van der Waals surface area (Å²) in [5.41, 5.74) is 9.41. The molecule has 3 aromatic rings. The molecule has 1 saturated heterocycles. The van der Waals surface area contributed by atoms with Gasteiger partial charge in [-0.3, -0.25) is 4.79 Å². The van der Waals surface area contributed by atoms with E-state index in [0.29, 0.717) is 18.9 Å². The van der Waals surface area contributed by atoms with Gasteiger partial charge in [-0.25, -0.2) is 9.50 Å². The van der Waals surface area contributed by atoms with Crippen LogP contribution in [-0.2, 0) is 4.79 Å². The Kier molecular flexibility index (Phi) is 5.49. The summed E-state index contributed by atoms with van der Waals surface area (Å²) in [5, 5.41) is 7.92. The number of hydrogen-bond donors (Lipinski definition) is 2. The lowest BCUT2D eigenvalue weighted by Crippen LogP contribution is -2.33. The summed E-state index contributed by atoms with van der Waals surface area (Å²) in [6.07, 6.45) is 4.77. The van der Waals surface area contributed by atoms with E-state index in [-0.39, 0.29) is 18.0 Å². The van der Waals surface area contributed by atoms with Crippen molar-refractivity contribution in [1.82, 2.24) is 19.5 Å². The fourth-order valence-corrected chi connectivity index (χ4v) is 3.77. The summed E-state index contributed by atoms with van der Waals surface area (Å²) < 4.78 is 1.74. The van der Waals surface area contributed by atoms with Crippen LogP contribution in [0, 0.1) is 0 Å². The first-order valence-corrected chi connectivity index (χ1v) is 10.2. The number of likely N-dealkylation sites (tertiary alicyclic amines) is 1. The molecule has 1 aliphatic rings. The average molecular weight is 393 g/mol. The van der Waals surface area contributed by atoms with Gasteiger partial charge < -0.3 is 16.0 Å². The summed E-state index contributed by atoms with van der Waals surface area (Å²) in [5.74, 6) is 1.38. The Morgan fingerprint density at radius 1 is 1.21 bits per heavy atom. The van der Waals surface area contributed by atoms with Crippen LogP contribution >= 0.6 is 0 Å². The Bertz CT molecular complexity index is 980. The average Bonchev–Trinajstić information content (AvgIpc) is 3.37. The Morgan fingerprint density at radius 2 is 1.97 bits per heavy atom. The zero-order valence-corrected chi connectivity index (χ0v) is 17.0. The van der Waals surface area contributed by atoms with Gasteiger partial charge in [-0.1, -0.05) is 38.1 Å². The molecule has 0 saturated carbocycles. The standard InChI is InChI=1S/C22H28N6O/c1-15(2)16-3-5-17(6-4-16)19(23)13-22(29)27-11-9-18(14-27)25-20-7-8-21-24-10-12-28(21)26-20/h3-8,10,12,15,18-19H,9,11,13-14,23H2,1-2H3,(H,25,26). The van der Waals surface area contributed by atoms with Crippen LogP contribution in [0.5, 0.6) is 0 Å². The van der Waals surface area contributed by atoms with Gasteiger partial charge in [-0.2, -0.15) is 0 Å². The first-order valence-electron chi connectivity index (χ1n) is 10.2. The van der Waals surface area contributed by atoms with Crippen molar-refractivity contribution in [3.8, 4) is 0 Å². The monoisotopic (exact) mass is 392 g/mol. The first-order chi connectivity index (χ1) is 14.0. The molecule has 3 heterocycles. The molecule has 0 bridgehead atoms. The minimum Gasteiger partial charge on any atom is -0.364 e. The molecule has 1 aliphatic heterocycles. The minimum atomic E-state index is -0.277. The molecule has 2 atom stereocenters. The highest BCUT2D eigenvalue weighted by atomic mass is 16.2. The van der Waals surface area contributed by atoms with Gasteiger partial charge in [0.2, 0.25) is 5.91 Å². The number of nitrogens with two attached hydrogens (primary N) is 1. The van der Waals surface area contributed by atoms with Gasteiger partial charge in [0.25, 0.3) is 0 Å². The van der Waals surface area contributed by atoms with Gasteiger partial charge in [0.1, 0.15) is 5.82 Å². The Balaban J connectivity index is 1.31. The number of imidazole rings is 1. The highest BCUT2D eigenvalue weighted by Crippen LogP contribution is 2.22. The van der Waals surface area contributed by atoms with Crippen LogP contribution in [-0.4, -0.2) is 44.5 Å². The van der Waals surface area contributed by atoms with Crippen molar-refractivity contribution in [2.45, 2.75) is 44.7 Å². The molecule has 2 unspecified atom stereocenters. The Hall–Kier alpha value is -2.93. The van der Waals surface area contributed by atoms with Crippen LogP contribution in [0.4, 0.5) is 5.82 Å². The molecule has 152 valence electrons. The Morgan fingerprint density at radius 3 is 2.72 bits per heavy atom. The van der Waals surface area contributed by atoms with Gasteiger partial charge >= 0.3 is 0 Å². The third-order valence-corrected chi connectivity index (χ3v) is 5.57. The molecule has 0 aliphatic carbocycles. The van der Waals surface area contributed by atoms with Gasteiger partial charge in [0.15, 0.2) is 5.65 Å². The molecule has 7 nitrogen and oxygen atoms in total. The van der Waals surface area contributed by atoms with E-state index in [0.717, 1.165) is 30.0 Å². The van der Waals surface area contributed by atoms with Crippen LogP contribution in [0.15, 0.2) is 48.8 Å². The van der Waals surface area contributed by atoms with Crippen LogP contribution < -0.4 is 11.1 Å². The van der Waals surface area contributed by atoms with Crippen molar-refractivity contribution in [1.29, 1.82) is 0 Å². The van der Waals surface area contributed by atoms with Gasteiger partial charge in [0, 0.05) is 44.0 Å². The highest BCUT2D eigenvalue weighted by molar-refractivity contribution is 5.77. The SMILES string of the molecule is CC(C)c1ccc(C(N)CC(=O)N2CCC(Nc3ccc4nccn4n3)C2)cc1. The van der Waals surface area contributed by atoms with Crippen LogP contribution in [0.3, 0.4) is 0 Å². The Labute approximate surface area is 170 Å². The van der Waals surface area contributed by atoms with E-state index in [1.807, 2.05) is 35.4 Å². The molecule has 0 spiro atoms. The second kappa shape index (κ2) is 8.21. The lowest BCUT2D eigenvalue weighted by Gasteiger charge is -2.20. The molecule has 4 rings (SSSR count). The zero-order chi connectivity index (χ0) is 20.4. The molecule has 7 heteroatoms. The summed E-state index contributed by atoms with van der Waals surface area (Å²) in [6.45, 7) is 5.74. The number of nitrogens with one attached hydrogen (secondary N) is 1. The fraction of sp³-hybridized carbons (Fsp3) is 0.409. The number of anilines is 1. The summed E-state index contributed by atoms with van der Waals surface area (Å²) in [4.78, 5) is 18.8. The van der Waals surface area contributed by atoms with E-state index in [4.69, 9.17) is 5.73 Å². The van der Waals surface area contributed by atoms with E-state index in [9.17, 15) is 4.79 Å². The predicted molar refractivity (Wildman–Crippen MR) is 114 cm³/mol. The van der Waals surface area contributed by atoms with E-state index in [1.54, 1.807) is 10.7 Å². The maximum absolute atomic E-state index is 12.7. The smallest absolute Gasteiger partial charge is 0.224 e. The van der Waals surface area contributed by atoms with Crippen molar-refractivity contribution >= 4 is 17.4 Å². The molecule has 29 heavy (non-hydrogen) atoms. The minimum absolute atomic E-state index is 0.104. The number of amides is 1. The van der Waals surface area contributed by atoms with Crippen molar-refractivity contribution in [3.05, 3.63) is 59.9 Å². The van der Waals surface area contributed by atoms with Gasteiger partial charge in [-0.05, 0) is 35.6 Å². The number of carbonyl (C=O) groups is 1. The number of carbonyl (C=O) groups excluding carboxylic acids is 1. The number of benzene rings is 1. The molecule has 3 N–H and O–H groups in total. The largest absolute Gasteiger partial charge is 0.364 e. The summed E-state index contributed by atoms with van der Waals surface area (Å²) in [6, 6.07) is 12.0. The third-order valence-electron chi connectivity index (χ3n) is 5.57. The maximum Gasteiger partial charge on any atom is 0.224 e. The van der Waals surface area contributed by atoms with Crippen molar-refractivity contribution < 1.29 is 4.79 Å². The topological polar surface area (TPSA) is 88.5 Å². The molecule has 1 fully saturated rings. The van der Waals surface area contributed by atoms with E-state index < -0.39 is 0 Å². The van der Waals surface area contributed by atoms with E-state index in [2.05, 4.69) is 41.4 Å². The van der Waals surface area contributed by atoms with E-state index in [1.165, 1.54) is 5.56 Å². The molecule has 0 radical (unpaired) electrons. The molecular weight excluding hydrogens is 364 g/mol. The highest BCUT2D eigenvalue weighted by Gasteiger charge is 2.27. The predicted octanol–water partition coefficient (Wildman–Crippen LogP) is 2.96. The number of hydrogen-bond acceptors (Lipinski definition) is 5. The second-order valence-electron chi connectivity index (χ2n) is 8.05. The van der Waals surface area contributed by atoms with Gasteiger partial charge in [0.05, 0.1) is 0 Å². The quantitative estimate of drug-likeness (QED) is 0.673.